The first-order valence-corrected chi connectivity index (χ1v) is 11.0. The fourth-order valence-corrected chi connectivity index (χ4v) is 3.84. The van der Waals surface area contributed by atoms with Crippen LogP contribution in [-0.4, -0.2) is 29.3 Å². The number of aryl methyl sites for hydroxylation is 3. The predicted molar refractivity (Wildman–Crippen MR) is 123 cm³/mol. The van der Waals surface area contributed by atoms with Crippen molar-refractivity contribution in [2.75, 3.05) is 6.54 Å². The van der Waals surface area contributed by atoms with Gasteiger partial charge in [0.05, 0.1) is 6.42 Å². The van der Waals surface area contributed by atoms with E-state index in [1.165, 1.54) is 0 Å². The average molecular weight is 409 g/mol. The molecule has 0 radical (unpaired) electrons. The van der Waals surface area contributed by atoms with E-state index in [0.29, 0.717) is 25.9 Å². The Morgan fingerprint density at radius 2 is 1.67 bits per heavy atom. The summed E-state index contributed by atoms with van der Waals surface area (Å²) in [6.07, 6.45) is 2.85. The molecule has 2 rings (SSSR count). The van der Waals surface area contributed by atoms with Gasteiger partial charge in [-0.15, -0.1) is 0 Å². The van der Waals surface area contributed by atoms with Gasteiger partial charge in [0.2, 0.25) is 11.8 Å². The standard InChI is InChI=1S/C26H36N2O2/c1-6-8-13-27-26(30)24(7-2)28(18-23-12-10-9-11-21(23)5)25(29)17-22-15-19(3)14-20(4)16-22/h9-12,14-16,24H,6-8,13,17-18H2,1-5H3,(H,27,30)/t24-/m1/s1. The SMILES string of the molecule is CCCCNC(=O)[C@@H](CC)N(Cc1ccccc1C)C(=O)Cc1cc(C)cc(C)c1. The molecule has 30 heavy (non-hydrogen) atoms. The molecule has 0 aromatic heterocycles. The second-order valence-electron chi connectivity index (χ2n) is 8.19. The van der Waals surface area contributed by atoms with Crippen LogP contribution in [0, 0.1) is 20.8 Å². The van der Waals surface area contributed by atoms with Crippen LogP contribution >= 0.6 is 0 Å². The van der Waals surface area contributed by atoms with E-state index >= 15 is 0 Å². The molecule has 0 fully saturated rings. The van der Waals surface area contributed by atoms with Crippen LogP contribution < -0.4 is 5.32 Å². The number of hydrogen-bond donors (Lipinski definition) is 1. The van der Waals surface area contributed by atoms with Gasteiger partial charge in [-0.25, -0.2) is 0 Å². The number of rotatable bonds is 10. The van der Waals surface area contributed by atoms with Gasteiger partial charge in [0.15, 0.2) is 0 Å². The summed E-state index contributed by atoms with van der Waals surface area (Å²) in [6, 6.07) is 13.8. The van der Waals surface area contributed by atoms with Gasteiger partial charge in [-0.3, -0.25) is 9.59 Å². The van der Waals surface area contributed by atoms with E-state index in [1.54, 1.807) is 4.90 Å². The largest absolute Gasteiger partial charge is 0.354 e. The minimum Gasteiger partial charge on any atom is -0.354 e. The van der Waals surface area contributed by atoms with Crippen molar-refractivity contribution in [1.29, 1.82) is 0 Å². The van der Waals surface area contributed by atoms with Gasteiger partial charge in [0.1, 0.15) is 6.04 Å². The van der Waals surface area contributed by atoms with E-state index in [1.807, 2.05) is 52.0 Å². The van der Waals surface area contributed by atoms with Gasteiger partial charge in [-0.2, -0.15) is 0 Å². The highest BCUT2D eigenvalue weighted by Gasteiger charge is 2.28. The Bertz CT molecular complexity index is 840. The molecule has 1 N–H and O–H groups in total. The monoisotopic (exact) mass is 408 g/mol. The maximum absolute atomic E-state index is 13.4. The Hall–Kier alpha value is -2.62. The Kier molecular flexibility index (Phi) is 9.10. The third-order valence-corrected chi connectivity index (χ3v) is 5.45. The highest BCUT2D eigenvalue weighted by molar-refractivity contribution is 5.88. The van der Waals surface area contributed by atoms with E-state index in [0.717, 1.165) is 40.7 Å². The summed E-state index contributed by atoms with van der Waals surface area (Å²) in [6.45, 7) is 11.3. The number of benzene rings is 2. The molecule has 0 aliphatic heterocycles. The van der Waals surface area contributed by atoms with Crippen molar-refractivity contribution in [3.8, 4) is 0 Å². The number of nitrogens with zero attached hydrogens (tertiary/aromatic N) is 1. The minimum atomic E-state index is -0.472. The van der Waals surface area contributed by atoms with Crippen LogP contribution in [0.15, 0.2) is 42.5 Å². The van der Waals surface area contributed by atoms with Crippen molar-refractivity contribution >= 4 is 11.8 Å². The number of carbonyl (C=O) groups is 2. The second kappa shape index (κ2) is 11.5. The number of carbonyl (C=O) groups excluding carboxylic acids is 2. The molecule has 1 atom stereocenters. The van der Waals surface area contributed by atoms with E-state index in [2.05, 4.69) is 30.4 Å². The molecule has 162 valence electrons. The summed E-state index contributed by atoms with van der Waals surface area (Å²) < 4.78 is 0. The highest BCUT2D eigenvalue weighted by Crippen LogP contribution is 2.18. The van der Waals surface area contributed by atoms with Crippen molar-refractivity contribution in [2.24, 2.45) is 0 Å². The molecular formula is C26H36N2O2. The Balaban J connectivity index is 2.29. The molecule has 0 bridgehead atoms. The van der Waals surface area contributed by atoms with Crippen molar-refractivity contribution < 1.29 is 9.59 Å². The van der Waals surface area contributed by atoms with Gasteiger partial charge < -0.3 is 10.2 Å². The van der Waals surface area contributed by atoms with Crippen LogP contribution in [0.2, 0.25) is 0 Å². The summed E-state index contributed by atoms with van der Waals surface area (Å²) in [5.74, 6) is -0.0750. The molecule has 0 unspecified atom stereocenters. The first-order valence-electron chi connectivity index (χ1n) is 11.0. The summed E-state index contributed by atoms with van der Waals surface area (Å²) in [4.78, 5) is 28.1. The third-order valence-electron chi connectivity index (χ3n) is 5.45. The first kappa shape index (κ1) is 23.7. The van der Waals surface area contributed by atoms with Gasteiger partial charge >= 0.3 is 0 Å². The highest BCUT2D eigenvalue weighted by atomic mass is 16.2. The molecule has 4 nitrogen and oxygen atoms in total. The van der Waals surface area contributed by atoms with Crippen LogP contribution in [-0.2, 0) is 22.6 Å². The van der Waals surface area contributed by atoms with Crippen molar-refractivity contribution in [3.05, 3.63) is 70.3 Å². The van der Waals surface area contributed by atoms with Crippen LogP contribution in [0.3, 0.4) is 0 Å². The fourth-order valence-electron chi connectivity index (χ4n) is 3.84. The minimum absolute atomic E-state index is 0.0132. The van der Waals surface area contributed by atoms with Crippen molar-refractivity contribution in [3.63, 3.8) is 0 Å². The van der Waals surface area contributed by atoms with Crippen LogP contribution in [0.25, 0.3) is 0 Å². The van der Waals surface area contributed by atoms with Crippen LogP contribution in [0.1, 0.15) is 60.9 Å². The Morgan fingerprint density at radius 3 is 2.27 bits per heavy atom. The molecule has 2 aromatic carbocycles. The summed E-state index contributed by atoms with van der Waals surface area (Å²) in [7, 11) is 0. The summed E-state index contributed by atoms with van der Waals surface area (Å²) in [5.41, 5.74) is 5.49. The molecule has 2 amide bonds. The number of nitrogens with one attached hydrogen (secondary N) is 1. The number of unbranched alkanes of at least 4 members (excludes halogenated alkanes) is 1. The molecule has 0 saturated carbocycles. The molecule has 0 heterocycles. The smallest absolute Gasteiger partial charge is 0.242 e. The molecule has 2 aromatic rings. The van der Waals surface area contributed by atoms with Gasteiger partial charge in [0, 0.05) is 13.1 Å². The first-order chi connectivity index (χ1) is 14.3. The van der Waals surface area contributed by atoms with Crippen molar-refractivity contribution in [1.82, 2.24) is 10.2 Å². The third kappa shape index (κ3) is 6.72. The Labute approximate surface area is 181 Å². The zero-order valence-electron chi connectivity index (χ0n) is 19.1. The quantitative estimate of drug-likeness (QED) is 0.570. The van der Waals surface area contributed by atoms with Crippen molar-refractivity contribution in [2.45, 2.75) is 72.9 Å². The lowest BCUT2D eigenvalue weighted by Gasteiger charge is -2.31. The Morgan fingerprint density at radius 1 is 1.00 bits per heavy atom. The number of hydrogen-bond acceptors (Lipinski definition) is 2. The molecular weight excluding hydrogens is 372 g/mol. The average Bonchev–Trinajstić information content (AvgIpc) is 2.68. The fraction of sp³-hybridized carbons (Fsp3) is 0.462. The lowest BCUT2D eigenvalue weighted by molar-refractivity contribution is -0.140. The summed E-state index contributed by atoms with van der Waals surface area (Å²) in [5, 5.41) is 3.02. The molecule has 0 aliphatic carbocycles. The molecule has 0 spiro atoms. The van der Waals surface area contributed by atoms with Gasteiger partial charge in [0.25, 0.3) is 0 Å². The zero-order valence-corrected chi connectivity index (χ0v) is 19.1. The molecule has 0 aliphatic rings. The lowest BCUT2D eigenvalue weighted by Crippen LogP contribution is -2.49. The molecule has 4 heteroatoms. The molecule has 0 saturated heterocycles. The lowest BCUT2D eigenvalue weighted by atomic mass is 10.0. The maximum atomic E-state index is 13.4. The zero-order chi connectivity index (χ0) is 22.1. The summed E-state index contributed by atoms with van der Waals surface area (Å²) >= 11 is 0. The number of amides is 2. The maximum Gasteiger partial charge on any atom is 0.242 e. The second-order valence-corrected chi connectivity index (χ2v) is 8.19. The van der Waals surface area contributed by atoms with E-state index < -0.39 is 6.04 Å². The van der Waals surface area contributed by atoms with Gasteiger partial charge in [-0.05, 0) is 50.3 Å². The van der Waals surface area contributed by atoms with E-state index in [4.69, 9.17) is 0 Å². The van der Waals surface area contributed by atoms with Crippen LogP contribution in [0.5, 0.6) is 0 Å². The van der Waals surface area contributed by atoms with Crippen LogP contribution in [0.4, 0.5) is 0 Å². The van der Waals surface area contributed by atoms with E-state index in [-0.39, 0.29) is 11.8 Å². The normalized spacial score (nSPS) is 11.8. The van der Waals surface area contributed by atoms with E-state index in [9.17, 15) is 9.59 Å². The predicted octanol–water partition coefficient (Wildman–Crippen LogP) is 4.88. The van der Waals surface area contributed by atoms with Gasteiger partial charge in [-0.1, -0.05) is 73.9 Å². The topological polar surface area (TPSA) is 49.4 Å².